The van der Waals surface area contributed by atoms with Crippen LogP contribution in [0.3, 0.4) is 0 Å². The highest BCUT2D eigenvalue weighted by molar-refractivity contribution is 6.35. The first kappa shape index (κ1) is 20.2. The van der Waals surface area contributed by atoms with Crippen LogP contribution in [0.15, 0.2) is 71.7 Å². The lowest BCUT2D eigenvalue weighted by molar-refractivity contribution is -0.124. The van der Waals surface area contributed by atoms with Crippen LogP contribution in [0.2, 0.25) is 20.1 Å². The zero-order valence-corrected chi connectivity index (χ0v) is 17.9. The van der Waals surface area contributed by atoms with Gasteiger partial charge in [-0.2, -0.15) is 0 Å². The van der Waals surface area contributed by atoms with E-state index in [1.807, 2.05) is 18.2 Å². The Hall–Kier alpha value is -2.04. The van der Waals surface area contributed by atoms with E-state index in [1.54, 1.807) is 48.5 Å². The summed E-state index contributed by atoms with van der Waals surface area (Å²) in [7, 11) is 0. The summed E-state index contributed by atoms with van der Waals surface area (Å²) in [6.07, 6.45) is 0.256. The molecule has 1 amide bonds. The predicted molar refractivity (Wildman–Crippen MR) is 119 cm³/mol. The van der Waals surface area contributed by atoms with Gasteiger partial charge in [-0.15, -0.1) is 0 Å². The van der Waals surface area contributed by atoms with Crippen molar-refractivity contribution in [3.05, 3.63) is 104 Å². The van der Waals surface area contributed by atoms with Crippen molar-refractivity contribution in [2.75, 3.05) is 0 Å². The number of halogens is 4. The van der Waals surface area contributed by atoms with Crippen LogP contribution in [0.5, 0.6) is 0 Å². The normalized spacial score (nSPS) is 18.5. The van der Waals surface area contributed by atoms with Crippen molar-refractivity contribution in [1.82, 2.24) is 5.32 Å². The third-order valence-electron chi connectivity index (χ3n) is 4.79. The number of amidine groups is 1. The molecule has 0 bridgehead atoms. The summed E-state index contributed by atoms with van der Waals surface area (Å²) in [5.74, 6) is 0.215. The number of hydrogen-bond donors (Lipinski definition) is 1. The van der Waals surface area contributed by atoms with Gasteiger partial charge in [-0.25, -0.2) is 4.99 Å². The lowest BCUT2D eigenvalue weighted by Gasteiger charge is -2.25. The zero-order chi connectivity index (χ0) is 20.6. The number of rotatable bonds is 4. The largest absolute Gasteiger partial charge is 0.308 e. The quantitative estimate of drug-likeness (QED) is 0.483. The Morgan fingerprint density at radius 1 is 0.828 bits per heavy atom. The third-order valence-corrected chi connectivity index (χ3v) is 5.87. The molecule has 0 radical (unpaired) electrons. The minimum absolute atomic E-state index is 0.254. The molecule has 0 aromatic heterocycles. The van der Waals surface area contributed by atoms with Crippen LogP contribution < -0.4 is 5.32 Å². The molecule has 1 atom stereocenters. The highest BCUT2D eigenvalue weighted by atomic mass is 35.5. The summed E-state index contributed by atoms with van der Waals surface area (Å²) >= 11 is 24.6. The molecular weight excluding hydrogens is 450 g/mol. The molecule has 1 aliphatic heterocycles. The molecule has 0 aliphatic carbocycles. The fourth-order valence-electron chi connectivity index (χ4n) is 3.33. The molecule has 0 saturated heterocycles. The lowest BCUT2D eigenvalue weighted by Crippen LogP contribution is -2.39. The number of carbonyl (C=O) groups excluding carboxylic acids is 1. The fourth-order valence-corrected chi connectivity index (χ4v) is 4.12. The zero-order valence-electron chi connectivity index (χ0n) is 14.9. The highest BCUT2D eigenvalue weighted by Crippen LogP contribution is 2.38. The topological polar surface area (TPSA) is 41.5 Å². The summed E-state index contributed by atoms with van der Waals surface area (Å²) in [4.78, 5) is 18.1. The first-order valence-electron chi connectivity index (χ1n) is 8.75. The molecule has 3 nitrogen and oxygen atoms in total. The molecule has 1 N–H and O–H groups in total. The molecule has 1 unspecified atom stereocenters. The molecular formula is C22H14Cl4N2O. The van der Waals surface area contributed by atoms with Crippen LogP contribution in [0, 0.1) is 0 Å². The van der Waals surface area contributed by atoms with Crippen LogP contribution in [0.1, 0.15) is 16.7 Å². The molecule has 0 spiro atoms. The van der Waals surface area contributed by atoms with Crippen molar-refractivity contribution >= 4 is 58.1 Å². The average molecular weight is 464 g/mol. The SMILES string of the molecule is O=C1NC(c2ccc(Cl)cc2)=NC1(Cc1ccc(Cl)cc1Cl)c1cccc(Cl)c1. The number of benzene rings is 3. The summed E-state index contributed by atoms with van der Waals surface area (Å²) < 4.78 is 0. The van der Waals surface area contributed by atoms with Gasteiger partial charge in [-0.1, -0.05) is 64.6 Å². The van der Waals surface area contributed by atoms with Gasteiger partial charge in [0.25, 0.3) is 5.91 Å². The maximum atomic E-state index is 13.3. The van der Waals surface area contributed by atoms with E-state index in [0.717, 1.165) is 11.1 Å². The van der Waals surface area contributed by atoms with E-state index < -0.39 is 5.54 Å². The maximum Gasteiger partial charge on any atom is 0.258 e. The van der Waals surface area contributed by atoms with Gasteiger partial charge < -0.3 is 5.32 Å². The molecule has 4 rings (SSSR count). The van der Waals surface area contributed by atoms with Crippen LogP contribution in [-0.2, 0) is 16.8 Å². The predicted octanol–water partition coefficient (Wildman–Crippen LogP) is 6.31. The summed E-state index contributed by atoms with van der Waals surface area (Å²) in [5, 5.41) is 5.03. The van der Waals surface area contributed by atoms with Crippen LogP contribution >= 0.6 is 46.4 Å². The Kier molecular flexibility index (Phi) is 5.58. The van der Waals surface area contributed by atoms with Gasteiger partial charge in [0, 0.05) is 32.1 Å². The van der Waals surface area contributed by atoms with Gasteiger partial charge in [0.15, 0.2) is 5.54 Å². The van der Waals surface area contributed by atoms with E-state index in [4.69, 9.17) is 51.4 Å². The average Bonchev–Trinajstić information content (AvgIpc) is 3.02. The third kappa shape index (κ3) is 4.01. The van der Waals surface area contributed by atoms with E-state index in [1.165, 1.54) is 0 Å². The van der Waals surface area contributed by atoms with Crippen molar-refractivity contribution < 1.29 is 4.79 Å². The molecule has 0 saturated carbocycles. The van der Waals surface area contributed by atoms with Gasteiger partial charge in [-0.3, -0.25) is 4.79 Å². The molecule has 29 heavy (non-hydrogen) atoms. The Bertz CT molecular complexity index is 1130. The van der Waals surface area contributed by atoms with Gasteiger partial charge >= 0.3 is 0 Å². The van der Waals surface area contributed by atoms with Gasteiger partial charge in [0.2, 0.25) is 0 Å². The molecule has 0 fully saturated rings. The van der Waals surface area contributed by atoms with E-state index in [-0.39, 0.29) is 12.3 Å². The summed E-state index contributed by atoms with van der Waals surface area (Å²) in [6.45, 7) is 0. The number of nitrogens with one attached hydrogen (secondary N) is 1. The molecule has 1 aliphatic rings. The van der Waals surface area contributed by atoms with Crippen LogP contribution in [-0.4, -0.2) is 11.7 Å². The highest BCUT2D eigenvalue weighted by Gasteiger charge is 2.46. The fraction of sp³-hybridized carbons (Fsp3) is 0.0909. The molecule has 3 aromatic rings. The number of nitrogens with zero attached hydrogens (tertiary/aromatic N) is 1. The molecule has 3 aromatic carbocycles. The van der Waals surface area contributed by atoms with Crippen molar-refractivity contribution in [3.8, 4) is 0 Å². The van der Waals surface area contributed by atoms with E-state index >= 15 is 0 Å². The number of aliphatic imine (C=N–C) groups is 1. The minimum Gasteiger partial charge on any atom is -0.308 e. The van der Waals surface area contributed by atoms with Crippen molar-refractivity contribution in [1.29, 1.82) is 0 Å². The van der Waals surface area contributed by atoms with Crippen molar-refractivity contribution in [2.45, 2.75) is 12.0 Å². The number of hydrogen-bond acceptors (Lipinski definition) is 2. The maximum absolute atomic E-state index is 13.3. The standard InChI is InChI=1S/C22H14Cl4N2O/c23-16-7-4-13(5-8-16)20-27-21(29)22(28-20,15-2-1-3-17(24)10-15)12-14-6-9-18(25)11-19(14)26/h1-11H,12H2,(H,27,28,29). The Morgan fingerprint density at radius 2 is 1.52 bits per heavy atom. The molecule has 146 valence electrons. The van der Waals surface area contributed by atoms with Crippen LogP contribution in [0.4, 0.5) is 0 Å². The number of carbonyl (C=O) groups is 1. The summed E-state index contributed by atoms with van der Waals surface area (Å²) in [6, 6.07) is 19.5. The van der Waals surface area contributed by atoms with E-state index in [9.17, 15) is 4.79 Å². The van der Waals surface area contributed by atoms with Gasteiger partial charge in [0.05, 0.1) is 0 Å². The first-order valence-corrected chi connectivity index (χ1v) is 10.3. The molecule has 1 heterocycles. The lowest BCUT2D eigenvalue weighted by atomic mass is 9.84. The van der Waals surface area contributed by atoms with Gasteiger partial charge in [0.1, 0.15) is 5.84 Å². The monoisotopic (exact) mass is 462 g/mol. The second-order valence-corrected chi connectivity index (χ2v) is 8.42. The second-order valence-electron chi connectivity index (χ2n) is 6.70. The smallest absolute Gasteiger partial charge is 0.258 e. The Balaban J connectivity index is 1.86. The summed E-state index contributed by atoms with van der Waals surface area (Å²) in [5.41, 5.74) is 0.982. The van der Waals surface area contributed by atoms with E-state index in [0.29, 0.717) is 31.5 Å². The van der Waals surface area contributed by atoms with Gasteiger partial charge in [-0.05, 0) is 59.7 Å². The number of amides is 1. The first-order chi connectivity index (χ1) is 13.9. The van der Waals surface area contributed by atoms with Crippen molar-refractivity contribution in [2.24, 2.45) is 4.99 Å². The van der Waals surface area contributed by atoms with E-state index in [2.05, 4.69) is 5.32 Å². The Labute approximate surface area is 188 Å². The minimum atomic E-state index is -1.21. The van der Waals surface area contributed by atoms with Crippen LogP contribution in [0.25, 0.3) is 0 Å². The second kappa shape index (κ2) is 8.00. The molecule has 7 heteroatoms. The Morgan fingerprint density at radius 3 is 2.21 bits per heavy atom. The van der Waals surface area contributed by atoms with Crippen molar-refractivity contribution in [3.63, 3.8) is 0 Å².